The van der Waals surface area contributed by atoms with Gasteiger partial charge in [-0.05, 0) is 51.0 Å². The first kappa shape index (κ1) is 23.8. The number of aliphatic hydroxyl groups is 1. The molecule has 0 bridgehead atoms. The second-order valence-electron chi connectivity index (χ2n) is 8.84. The highest BCUT2D eigenvalue weighted by atomic mass is 19.1. The van der Waals surface area contributed by atoms with E-state index in [2.05, 4.69) is 30.9 Å². The number of carbonyl (C=O) groups is 1. The van der Waals surface area contributed by atoms with Crippen molar-refractivity contribution in [2.24, 2.45) is 0 Å². The normalized spacial score (nSPS) is 15.6. The molecular weight excluding hydrogens is 439 g/mol. The van der Waals surface area contributed by atoms with Crippen molar-refractivity contribution in [3.8, 4) is 0 Å². The highest BCUT2D eigenvalue weighted by Gasteiger charge is 2.27. The Labute approximate surface area is 197 Å². The van der Waals surface area contributed by atoms with Gasteiger partial charge in [-0.1, -0.05) is 0 Å². The first-order chi connectivity index (χ1) is 16.3. The van der Waals surface area contributed by atoms with Gasteiger partial charge in [-0.15, -0.1) is 0 Å². The van der Waals surface area contributed by atoms with Crippen LogP contribution in [-0.4, -0.2) is 63.5 Å². The molecule has 1 amide bonds. The summed E-state index contributed by atoms with van der Waals surface area (Å²) in [6.45, 7) is 3.69. The van der Waals surface area contributed by atoms with E-state index in [-0.39, 0.29) is 18.2 Å². The first-order valence-electron chi connectivity index (χ1n) is 11.3. The van der Waals surface area contributed by atoms with Crippen molar-refractivity contribution in [2.45, 2.75) is 44.5 Å². The number of fused-ring (bicyclic) bond motifs is 1. The number of anilines is 3. The summed E-state index contributed by atoms with van der Waals surface area (Å²) in [4.78, 5) is 26.0. The van der Waals surface area contributed by atoms with E-state index in [1.54, 1.807) is 18.3 Å². The van der Waals surface area contributed by atoms with E-state index in [0.717, 1.165) is 23.9 Å². The van der Waals surface area contributed by atoms with Crippen LogP contribution in [-0.2, 0) is 4.74 Å². The molecule has 1 aliphatic rings. The maximum atomic E-state index is 14.1. The molecule has 1 unspecified atom stereocenters. The van der Waals surface area contributed by atoms with Crippen molar-refractivity contribution in [3.63, 3.8) is 0 Å². The largest absolute Gasteiger partial charge is 0.387 e. The summed E-state index contributed by atoms with van der Waals surface area (Å²) in [7, 11) is 0. The molecule has 0 aliphatic carbocycles. The third kappa shape index (κ3) is 5.95. The standard InChI is InChI=1S/C24H29FN6O3/c1-24(2,33)20(25)14-28-23(32)16-13-27-22(12-19(16)29-15-7-10-34-11-8-15)31-21-6-5-17-18(30-21)4-3-9-26-17/h3-6,9,12-13,15,20,33H,7-8,10-11,14H2,1-2H3,(H,28,32)(H2,27,29,30,31). The van der Waals surface area contributed by atoms with Crippen LogP contribution in [0.25, 0.3) is 11.0 Å². The summed E-state index contributed by atoms with van der Waals surface area (Å²) < 4.78 is 19.6. The minimum absolute atomic E-state index is 0.130. The molecule has 0 spiro atoms. The number of rotatable bonds is 8. The molecule has 34 heavy (non-hydrogen) atoms. The lowest BCUT2D eigenvalue weighted by molar-refractivity contribution is -0.00177. The zero-order valence-corrected chi connectivity index (χ0v) is 19.2. The van der Waals surface area contributed by atoms with Crippen LogP contribution in [0.5, 0.6) is 0 Å². The average molecular weight is 469 g/mol. The van der Waals surface area contributed by atoms with E-state index >= 15 is 0 Å². The van der Waals surface area contributed by atoms with Crippen LogP contribution in [0.4, 0.5) is 21.7 Å². The van der Waals surface area contributed by atoms with E-state index in [1.807, 2.05) is 18.2 Å². The molecule has 4 rings (SSSR count). The van der Waals surface area contributed by atoms with Crippen molar-refractivity contribution in [1.82, 2.24) is 20.3 Å². The molecule has 10 heteroatoms. The van der Waals surface area contributed by atoms with Gasteiger partial charge in [0.05, 0.1) is 34.4 Å². The number of hydrogen-bond donors (Lipinski definition) is 4. The number of amides is 1. The highest BCUT2D eigenvalue weighted by molar-refractivity contribution is 6.00. The van der Waals surface area contributed by atoms with Gasteiger partial charge in [-0.2, -0.15) is 0 Å². The fourth-order valence-corrected chi connectivity index (χ4v) is 3.57. The lowest BCUT2D eigenvalue weighted by atomic mass is 10.0. The number of hydrogen-bond acceptors (Lipinski definition) is 8. The minimum atomic E-state index is -1.61. The number of aromatic nitrogens is 3. The fraction of sp³-hybridized carbons (Fsp3) is 0.417. The number of halogens is 1. The molecule has 180 valence electrons. The van der Waals surface area contributed by atoms with Gasteiger partial charge in [0.2, 0.25) is 0 Å². The van der Waals surface area contributed by atoms with Gasteiger partial charge in [0, 0.05) is 37.7 Å². The molecule has 0 aromatic carbocycles. The molecule has 1 atom stereocenters. The number of ether oxygens (including phenoxy) is 1. The van der Waals surface area contributed by atoms with Gasteiger partial charge in [0.1, 0.15) is 17.8 Å². The zero-order chi connectivity index (χ0) is 24.1. The van der Waals surface area contributed by atoms with Gasteiger partial charge in [-0.3, -0.25) is 9.78 Å². The molecule has 0 radical (unpaired) electrons. The lowest BCUT2D eigenvalue weighted by Gasteiger charge is -2.26. The summed E-state index contributed by atoms with van der Waals surface area (Å²) in [5.41, 5.74) is 0.840. The Hall–Kier alpha value is -3.37. The monoisotopic (exact) mass is 468 g/mol. The summed E-state index contributed by atoms with van der Waals surface area (Å²) in [6.07, 6.45) is 3.15. The van der Waals surface area contributed by atoms with Gasteiger partial charge in [0.15, 0.2) is 0 Å². The summed E-state index contributed by atoms with van der Waals surface area (Å²) >= 11 is 0. The molecule has 1 aliphatic heterocycles. The van der Waals surface area contributed by atoms with Crippen molar-refractivity contribution >= 4 is 34.3 Å². The number of nitrogens with zero attached hydrogens (tertiary/aromatic N) is 3. The van der Waals surface area contributed by atoms with E-state index < -0.39 is 17.7 Å². The summed E-state index contributed by atoms with van der Waals surface area (Å²) in [5, 5.41) is 18.9. The van der Waals surface area contributed by atoms with E-state index in [9.17, 15) is 14.3 Å². The molecule has 4 N–H and O–H groups in total. The summed E-state index contributed by atoms with van der Waals surface area (Å²) in [6, 6.07) is 9.23. The van der Waals surface area contributed by atoms with Crippen molar-refractivity contribution < 1.29 is 19.0 Å². The first-order valence-corrected chi connectivity index (χ1v) is 11.3. The molecule has 3 aromatic heterocycles. The van der Waals surface area contributed by atoms with Crippen molar-refractivity contribution in [2.75, 3.05) is 30.4 Å². The smallest absolute Gasteiger partial charge is 0.255 e. The Morgan fingerprint density at radius 2 is 2.00 bits per heavy atom. The number of pyridine rings is 3. The number of nitrogens with one attached hydrogen (secondary N) is 3. The highest BCUT2D eigenvalue weighted by Crippen LogP contribution is 2.25. The Bertz CT molecular complexity index is 1150. The Morgan fingerprint density at radius 3 is 2.76 bits per heavy atom. The third-order valence-electron chi connectivity index (χ3n) is 5.65. The fourth-order valence-electron chi connectivity index (χ4n) is 3.57. The molecule has 9 nitrogen and oxygen atoms in total. The minimum Gasteiger partial charge on any atom is -0.387 e. The van der Waals surface area contributed by atoms with E-state index in [4.69, 9.17) is 4.74 Å². The van der Waals surface area contributed by atoms with Crippen LogP contribution in [0, 0.1) is 0 Å². The number of carbonyl (C=O) groups excluding carboxylic acids is 1. The molecule has 1 saturated heterocycles. The van der Waals surface area contributed by atoms with Crippen LogP contribution in [0.2, 0.25) is 0 Å². The molecule has 1 fully saturated rings. The van der Waals surface area contributed by atoms with Crippen LogP contribution in [0.1, 0.15) is 37.0 Å². The topological polar surface area (TPSA) is 121 Å². The van der Waals surface area contributed by atoms with E-state index in [0.29, 0.717) is 30.5 Å². The van der Waals surface area contributed by atoms with Gasteiger partial charge < -0.3 is 25.8 Å². The van der Waals surface area contributed by atoms with Crippen molar-refractivity contribution in [1.29, 1.82) is 0 Å². The lowest BCUT2D eigenvalue weighted by Crippen LogP contribution is -2.42. The van der Waals surface area contributed by atoms with Gasteiger partial charge >= 0.3 is 0 Å². The second kappa shape index (κ2) is 10.3. The van der Waals surface area contributed by atoms with Gasteiger partial charge in [0.25, 0.3) is 5.91 Å². The average Bonchev–Trinajstić information content (AvgIpc) is 2.82. The maximum absolute atomic E-state index is 14.1. The third-order valence-corrected chi connectivity index (χ3v) is 5.65. The Balaban J connectivity index is 1.55. The van der Waals surface area contributed by atoms with Crippen molar-refractivity contribution in [3.05, 3.63) is 48.3 Å². The maximum Gasteiger partial charge on any atom is 0.255 e. The molecule has 3 aromatic rings. The zero-order valence-electron chi connectivity index (χ0n) is 19.2. The molecule has 0 saturated carbocycles. The SMILES string of the molecule is CC(C)(O)C(F)CNC(=O)c1cnc(Nc2ccc3ncccc3n2)cc1NC1CCOCC1. The predicted molar refractivity (Wildman–Crippen MR) is 128 cm³/mol. The van der Waals surface area contributed by atoms with Crippen LogP contribution in [0.3, 0.4) is 0 Å². The summed E-state index contributed by atoms with van der Waals surface area (Å²) in [5.74, 6) is 0.616. The predicted octanol–water partition coefficient (Wildman–Crippen LogP) is 3.20. The van der Waals surface area contributed by atoms with Crippen LogP contribution < -0.4 is 16.0 Å². The quantitative estimate of drug-likeness (QED) is 0.398. The molecule has 4 heterocycles. The Kier molecular flexibility index (Phi) is 7.18. The Morgan fingerprint density at radius 1 is 1.21 bits per heavy atom. The van der Waals surface area contributed by atoms with Crippen LogP contribution in [0.15, 0.2) is 42.7 Å². The van der Waals surface area contributed by atoms with E-state index in [1.165, 1.54) is 20.0 Å². The van der Waals surface area contributed by atoms with Crippen LogP contribution >= 0.6 is 0 Å². The second-order valence-corrected chi connectivity index (χ2v) is 8.84. The molecular formula is C24H29FN6O3. The number of alkyl halides is 1. The van der Waals surface area contributed by atoms with Gasteiger partial charge in [-0.25, -0.2) is 14.4 Å².